The second-order valence-electron chi connectivity index (χ2n) is 4.47. The summed E-state index contributed by atoms with van der Waals surface area (Å²) in [4.78, 5) is 12.7. The molecule has 0 fully saturated rings. The highest BCUT2D eigenvalue weighted by atomic mass is 19.4. The third kappa shape index (κ3) is 3.36. The van der Waals surface area contributed by atoms with Gasteiger partial charge in [0, 0.05) is 7.05 Å². The van der Waals surface area contributed by atoms with E-state index in [1.165, 1.54) is 11.2 Å². The number of halogens is 3. The van der Waals surface area contributed by atoms with Gasteiger partial charge in [0.1, 0.15) is 5.76 Å². The SMILES string of the molecule is CN(Cc1ccco1)c1ccc(C(F)(F)F)cc1C(=O)O. The highest BCUT2D eigenvalue weighted by Gasteiger charge is 2.32. The molecule has 7 heteroatoms. The molecule has 1 N–H and O–H groups in total. The highest BCUT2D eigenvalue weighted by molar-refractivity contribution is 5.94. The van der Waals surface area contributed by atoms with E-state index in [0.717, 1.165) is 12.1 Å². The molecular formula is C14H12F3NO3. The third-order valence-corrected chi connectivity index (χ3v) is 2.94. The molecule has 0 aliphatic carbocycles. The topological polar surface area (TPSA) is 53.7 Å². The lowest BCUT2D eigenvalue weighted by atomic mass is 10.1. The molecule has 1 aromatic heterocycles. The van der Waals surface area contributed by atoms with Crippen LogP contribution in [0.25, 0.3) is 0 Å². The first kappa shape index (κ1) is 15.0. The van der Waals surface area contributed by atoms with Crippen molar-refractivity contribution in [3.05, 3.63) is 53.5 Å². The van der Waals surface area contributed by atoms with Crippen molar-refractivity contribution in [2.75, 3.05) is 11.9 Å². The van der Waals surface area contributed by atoms with E-state index in [2.05, 4.69) is 0 Å². The largest absolute Gasteiger partial charge is 0.478 e. The first-order valence-corrected chi connectivity index (χ1v) is 5.97. The van der Waals surface area contributed by atoms with Crippen LogP contribution in [0.5, 0.6) is 0 Å². The Morgan fingerprint density at radius 3 is 2.57 bits per heavy atom. The molecule has 2 aromatic rings. The van der Waals surface area contributed by atoms with E-state index in [1.54, 1.807) is 19.2 Å². The van der Waals surface area contributed by atoms with Gasteiger partial charge >= 0.3 is 12.1 Å². The van der Waals surface area contributed by atoms with Gasteiger partial charge in [-0.3, -0.25) is 0 Å². The van der Waals surface area contributed by atoms with Gasteiger partial charge in [0.05, 0.1) is 29.6 Å². The maximum absolute atomic E-state index is 12.6. The fourth-order valence-electron chi connectivity index (χ4n) is 1.94. The van der Waals surface area contributed by atoms with E-state index in [1.807, 2.05) is 0 Å². The molecule has 0 radical (unpaired) electrons. The minimum absolute atomic E-state index is 0.187. The van der Waals surface area contributed by atoms with Gasteiger partial charge in [-0.25, -0.2) is 4.79 Å². The summed E-state index contributed by atoms with van der Waals surface area (Å²) in [6, 6.07) is 6.01. The molecule has 1 aromatic carbocycles. The number of furan rings is 1. The zero-order valence-electron chi connectivity index (χ0n) is 11.0. The van der Waals surface area contributed by atoms with Crippen molar-refractivity contribution in [1.82, 2.24) is 0 Å². The Hall–Kier alpha value is -2.44. The third-order valence-electron chi connectivity index (χ3n) is 2.94. The lowest BCUT2D eigenvalue weighted by Gasteiger charge is -2.21. The standard InChI is InChI=1S/C14H12F3NO3/c1-18(8-10-3-2-6-21-10)12-5-4-9(14(15,16)17)7-11(12)13(19)20/h2-7H,8H2,1H3,(H,19,20). The molecule has 112 valence electrons. The zero-order valence-corrected chi connectivity index (χ0v) is 11.0. The number of rotatable bonds is 4. The summed E-state index contributed by atoms with van der Waals surface area (Å²) in [5.74, 6) is -0.837. The van der Waals surface area contributed by atoms with Crippen LogP contribution in [0.1, 0.15) is 21.7 Å². The Kier molecular flexibility index (Phi) is 3.93. The average molecular weight is 299 g/mol. The van der Waals surface area contributed by atoms with Crippen molar-refractivity contribution in [3.63, 3.8) is 0 Å². The predicted octanol–water partition coefficient (Wildman–Crippen LogP) is 3.63. The molecule has 0 saturated heterocycles. The number of aromatic carboxylic acids is 1. The lowest BCUT2D eigenvalue weighted by molar-refractivity contribution is -0.137. The van der Waals surface area contributed by atoms with Crippen LogP contribution in [0.2, 0.25) is 0 Å². The maximum atomic E-state index is 12.6. The van der Waals surface area contributed by atoms with Crippen LogP contribution in [0.3, 0.4) is 0 Å². The van der Waals surface area contributed by atoms with E-state index in [-0.39, 0.29) is 12.2 Å². The maximum Gasteiger partial charge on any atom is 0.416 e. The average Bonchev–Trinajstić information content (AvgIpc) is 2.89. The number of carboxylic acids is 1. The monoisotopic (exact) mass is 299 g/mol. The normalized spacial score (nSPS) is 11.4. The molecule has 0 unspecified atom stereocenters. The summed E-state index contributed by atoms with van der Waals surface area (Å²) in [5.41, 5.74) is -1.21. The second-order valence-corrected chi connectivity index (χ2v) is 4.47. The van der Waals surface area contributed by atoms with Gasteiger partial charge in [0.2, 0.25) is 0 Å². The number of anilines is 1. The fourth-order valence-corrected chi connectivity index (χ4v) is 1.94. The number of carbonyl (C=O) groups is 1. The smallest absolute Gasteiger partial charge is 0.416 e. The first-order chi connectivity index (χ1) is 9.79. The number of benzene rings is 1. The quantitative estimate of drug-likeness (QED) is 0.936. The van der Waals surface area contributed by atoms with E-state index in [0.29, 0.717) is 11.8 Å². The van der Waals surface area contributed by atoms with E-state index >= 15 is 0 Å². The van der Waals surface area contributed by atoms with Gasteiger partial charge in [-0.05, 0) is 30.3 Å². The summed E-state index contributed by atoms with van der Waals surface area (Å²) < 4.78 is 43.1. The van der Waals surface area contributed by atoms with Crippen LogP contribution in [0.15, 0.2) is 41.0 Å². The number of hydrogen-bond acceptors (Lipinski definition) is 3. The number of carboxylic acid groups (broad SMARTS) is 1. The molecule has 0 amide bonds. The lowest BCUT2D eigenvalue weighted by Crippen LogP contribution is -2.20. The second kappa shape index (κ2) is 5.51. The summed E-state index contributed by atoms with van der Waals surface area (Å²) in [7, 11) is 1.58. The summed E-state index contributed by atoms with van der Waals surface area (Å²) in [6.07, 6.45) is -3.11. The number of hydrogen-bond donors (Lipinski definition) is 1. The Bertz CT molecular complexity index is 635. The Morgan fingerprint density at radius 1 is 1.33 bits per heavy atom. The molecule has 0 aliphatic rings. The molecule has 21 heavy (non-hydrogen) atoms. The minimum Gasteiger partial charge on any atom is -0.478 e. The Morgan fingerprint density at radius 2 is 2.05 bits per heavy atom. The van der Waals surface area contributed by atoms with Crippen molar-refractivity contribution >= 4 is 11.7 Å². The van der Waals surface area contributed by atoms with E-state index in [9.17, 15) is 18.0 Å². The Labute approximate surface area is 118 Å². The van der Waals surface area contributed by atoms with Gasteiger partial charge in [0.15, 0.2) is 0 Å². The highest BCUT2D eigenvalue weighted by Crippen LogP contribution is 2.33. The van der Waals surface area contributed by atoms with Crippen molar-refractivity contribution < 1.29 is 27.5 Å². The van der Waals surface area contributed by atoms with Crippen LogP contribution < -0.4 is 4.90 Å². The predicted molar refractivity (Wildman–Crippen MR) is 69.2 cm³/mol. The van der Waals surface area contributed by atoms with Crippen LogP contribution >= 0.6 is 0 Å². The summed E-state index contributed by atoms with van der Waals surface area (Å²) >= 11 is 0. The van der Waals surface area contributed by atoms with Gasteiger partial charge in [0.25, 0.3) is 0 Å². The molecule has 2 rings (SSSR count). The fraction of sp³-hybridized carbons (Fsp3) is 0.214. The molecule has 0 atom stereocenters. The summed E-state index contributed by atoms with van der Waals surface area (Å²) in [6.45, 7) is 0.249. The molecule has 1 heterocycles. The van der Waals surface area contributed by atoms with Crippen molar-refractivity contribution in [2.45, 2.75) is 12.7 Å². The molecule has 0 saturated carbocycles. The van der Waals surface area contributed by atoms with Crippen molar-refractivity contribution in [1.29, 1.82) is 0 Å². The minimum atomic E-state index is -4.58. The van der Waals surface area contributed by atoms with Crippen molar-refractivity contribution in [3.8, 4) is 0 Å². The first-order valence-electron chi connectivity index (χ1n) is 5.97. The molecule has 0 bridgehead atoms. The number of nitrogens with zero attached hydrogens (tertiary/aromatic N) is 1. The van der Waals surface area contributed by atoms with Gasteiger partial charge in [-0.15, -0.1) is 0 Å². The number of alkyl halides is 3. The molecular weight excluding hydrogens is 287 g/mol. The molecule has 0 aliphatic heterocycles. The van der Waals surface area contributed by atoms with Crippen LogP contribution in [0.4, 0.5) is 18.9 Å². The zero-order chi connectivity index (χ0) is 15.6. The Balaban J connectivity index is 2.36. The van der Waals surface area contributed by atoms with Crippen LogP contribution in [0, 0.1) is 0 Å². The van der Waals surface area contributed by atoms with Crippen molar-refractivity contribution in [2.24, 2.45) is 0 Å². The molecule has 4 nitrogen and oxygen atoms in total. The van der Waals surface area contributed by atoms with Crippen LogP contribution in [-0.2, 0) is 12.7 Å². The summed E-state index contributed by atoms with van der Waals surface area (Å²) in [5, 5.41) is 9.11. The van der Waals surface area contributed by atoms with Crippen LogP contribution in [-0.4, -0.2) is 18.1 Å². The van der Waals surface area contributed by atoms with E-state index < -0.39 is 23.3 Å². The van der Waals surface area contributed by atoms with Gasteiger partial charge in [-0.2, -0.15) is 13.2 Å². The van der Waals surface area contributed by atoms with Gasteiger partial charge in [-0.1, -0.05) is 0 Å². The molecule has 0 spiro atoms. The van der Waals surface area contributed by atoms with Gasteiger partial charge < -0.3 is 14.4 Å². The van der Waals surface area contributed by atoms with E-state index in [4.69, 9.17) is 9.52 Å².